The summed E-state index contributed by atoms with van der Waals surface area (Å²) in [5.74, 6) is -0.228. The maximum absolute atomic E-state index is 12.2. The first-order valence-electron chi connectivity index (χ1n) is 7.10. The summed E-state index contributed by atoms with van der Waals surface area (Å²) in [6.07, 6.45) is 2.89. The second-order valence-corrected chi connectivity index (χ2v) is 5.51. The molecule has 0 spiro atoms. The molecule has 3 rings (SSSR count). The zero-order valence-corrected chi connectivity index (χ0v) is 12.2. The Bertz CT molecular complexity index is 758. The van der Waals surface area contributed by atoms with Gasteiger partial charge >= 0.3 is 0 Å². The number of H-pyrrole nitrogens is 2. The molecule has 0 unspecified atom stereocenters. The number of pyridine rings is 1. The first-order chi connectivity index (χ1) is 10.1. The van der Waals surface area contributed by atoms with Gasteiger partial charge in [0.05, 0.1) is 0 Å². The predicted octanol–water partition coefficient (Wildman–Crippen LogP) is 1.13. The molecule has 110 valence electrons. The molecule has 0 atom stereocenters. The second-order valence-electron chi connectivity index (χ2n) is 5.51. The fourth-order valence-corrected chi connectivity index (χ4v) is 2.86. The highest BCUT2D eigenvalue weighted by atomic mass is 16.2. The summed E-state index contributed by atoms with van der Waals surface area (Å²) in [6.45, 7) is 3.92. The first-order valence-corrected chi connectivity index (χ1v) is 7.10. The molecule has 1 amide bonds. The normalized spacial score (nSPS) is 13.2. The Morgan fingerprint density at radius 1 is 1.38 bits per heavy atom. The number of hydrogen-bond donors (Lipinski definition) is 3. The molecule has 6 nitrogen and oxygen atoms in total. The van der Waals surface area contributed by atoms with Crippen LogP contribution in [0.25, 0.3) is 0 Å². The highest BCUT2D eigenvalue weighted by Gasteiger charge is 2.23. The van der Waals surface area contributed by atoms with Crippen molar-refractivity contribution in [2.24, 2.45) is 0 Å². The van der Waals surface area contributed by atoms with E-state index in [1.165, 1.54) is 0 Å². The molecule has 6 heteroatoms. The molecule has 0 fully saturated rings. The number of nitrogens with one attached hydrogen (secondary N) is 3. The van der Waals surface area contributed by atoms with E-state index in [0.29, 0.717) is 11.3 Å². The Morgan fingerprint density at radius 2 is 2.19 bits per heavy atom. The Balaban J connectivity index is 1.76. The fraction of sp³-hybridized carbons (Fsp3) is 0.400. The standard InChI is InChI=1S/C15H18N4O2/c1-8-6-9(2)17-14(20)11(8)7-16-15(21)13-10-4-3-5-12(10)18-19-13/h6H,3-5,7H2,1-2H3,(H,16,21)(H,17,20)(H,18,19). The first kappa shape index (κ1) is 13.6. The van der Waals surface area contributed by atoms with Gasteiger partial charge < -0.3 is 10.3 Å². The smallest absolute Gasteiger partial charge is 0.272 e. The summed E-state index contributed by atoms with van der Waals surface area (Å²) in [4.78, 5) is 26.9. The lowest BCUT2D eigenvalue weighted by Gasteiger charge is -2.07. The molecule has 0 saturated heterocycles. The van der Waals surface area contributed by atoms with Crippen LogP contribution in [0.5, 0.6) is 0 Å². The number of carbonyl (C=O) groups is 1. The van der Waals surface area contributed by atoms with Crippen LogP contribution in [0.4, 0.5) is 0 Å². The van der Waals surface area contributed by atoms with Crippen LogP contribution in [-0.2, 0) is 19.4 Å². The van der Waals surface area contributed by atoms with E-state index < -0.39 is 0 Å². The molecule has 0 saturated carbocycles. The van der Waals surface area contributed by atoms with E-state index in [-0.39, 0.29) is 18.0 Å². The average Bonchev–Trinajstić information content (AvgIpc) is 2.99. The van der Waals surface area contributed by atoms with Crippen molar-refractivity contribution in [3.8, 4) is 0 Å². The highest BCUT2D eigenvalue weighted by Crippen LogP contribution is 2.22. The molecule has 21 heavy (non-hydrogen) atoms. The number of rotatable bonds is 3. The van der Waals surface area contributed by atoms with E-state index in [9.17, 15) is 9.59 Å². The van der Waals surface area contributed by atoms with Crippen LogP contribution in [0.15, 0.2) is 10.9 Å². The summed E-state index contributed by atoms with van der Waals surface area (Å²) in [7, 11) is 0. The molecule has 2 heterocycles. The van der Waals surface area contributed by atoms with Gasteiger partial charge in [-0.15, -0.1) is 0 Å². The number of carbonyl (C=O) groups excluding carboxylic acids is 1. The summed E-state index contributed by atoms with van der Waals surface area (Å²) in [6, 6.07) is 1.90. The van der Waals surface area contributed by atoms with Gasteiger partial charge in [0.15, 0.2) is 5.69 Å². The number of fused-ring (bicyclic) bond motifs is 1. The number of hydrogen-bond acceptors (Lipinski definition) is 3. The van der Waals surface area contributed by atoms with Crippen molar-refractivity contribution in [3.05, 3.63) is 50.2 Å². The second kappa shape index (κ2) is 5.20. The lowest BCUT2D eigenvalue weighted by molar-refractivity contribution is 0.0945. The van der Waals surface area contributed by atoms with Crippen molar-refractivity contribution < 1.29 is 4.79 Å². The molecule has 1 aliphatic carbocycles. The zero-order valence-electron chi connectivity index (χ0n) is 12.2. The Morgan fingerprint density at radius 3 is 2.95 bits per heavy atom. The van der Waals surface area contributed by atoms with Crippen molar-refractivity contribution in [1.29, 1.82) is 0 Å². The molecule has 2 aromatic rings. The minimum Gasteiger partial charge on any atom is -0.346 e. The van der Waals surface area contributed by atoms with Crippen LogP contribution in [0.3, 0.4) is 0 Å². The van der Waals surface area contributed by atoms with E-state index >= 15 is 0 Å². The molecule has 3 N–H and O–H groups in total. The van der Waals surface area contributed by atoms with Gasteiger partial charge in [-0.3, -0.25) is 14.7 Å². The lowest BCUT2D eigenvalue weighted by Crippen LogP contribution is -2.28. The molecule has 0 radical (unpaired) electrons. The quantitative estimate of drug-likeness (QED) is 0.790. The zero-order chi connectivity index (χ0) is 15.0. The van der Waals surface area contributed by atoms with Crippen molar-refractivity contribution in [3.63, 3.8) is 0 Å². The van der Waals surface area contributed by atoms with Gasteiger partial charge in [0.25, 0.3) is 11.5 Å². The summed E-state index contributed by atoms with van der Waals surface area (Å²) in [5, 5.41) is 9.79. The van der Waals surface area contributed by atoms with Gasteiger partial charge in [0, 0.05) is 29.1 Å². The van der Waals surface area contributed by atoms with Gasteiger partial charge in [0.2, 0.25) is 0 Å². The van der Waals surface area contributed by atoms with Crippen LogP contribution in [0, 0.1) is 13.8 Å². The van der Waals surface area contributed by atoms with Gasteiger partial charge in [-0.1, -0.05) is 0 Å². The SMILES string of the molecule is Cc1cc(C)c(CNC(=O)c2n[nH]c3c2CCC3)c(=O)[nH]1. The number of aryl methyl sites for hydroxylation is 3. The lowest BCUT2D eigenvalue weighted by atomic mass is 10.1. The number of nitrogens with zero attached hydrogens (tertiary/aromatic N) is 1. The summed E-state index contributed by atoms with van der Waals surface area (Å²) >= 11 is 0. The minimum absolute atomic E-state index is 0.153. The Kier molecular flexibility index (Phi) is 3.37. The van der Waals surface area contributed by atoms with Gasteiger partial charge in [0.1, 0.15) is 0 Å². The van der Waals surface area contributed by atoms with E-state index in [1.54, 1.807) is 0 Å². The molecular formula is C15H18N4O2. The fourth-order valence-electron chi connectivity index (χ4n) is 2.86. The molecule has 2 aromatic heterocycles. The van der Waals surface area contributed by atoms with E-state index in [4.69, 9.17) is 0 Å². The Labute approximate surface area is 122 Å². The van der Waals surface area contributed by atoms with Gasteiger partial charge in [-0.05, 0) is 44.7 Å². The van der Waals surface area contributed by atoms with Crippen LogP contribution in [-0.4, -0.2) is 21.1 Å². The minimum atomic E-state index is -0.228. The van der Waals surface area contributed by atoms with Crippen LogP contribution in [0.1, 0.15) is 45.0 Å². The number of amides is 1. The topological polar surface area (TPSA) is 90.6 Å². The molecule has 0 aliphatic heterocycles. The Hall–Kier alpha value is -2.37. The van der Waals surface area contributed by atoms with Crippen molar-refractivity contribution in [2.45, 2.75) is 39.7 Å². The van der Waals surface area contributed by atoms with Crippen LogP contribution < -0.4 is 10.9 Å². The van der Waals surface area contributed by atoms with Crippen molar-refractivity contribution in [2.75, 3.05) is 0 Å². The third-order valence-electron chi connectivity index (χ3n) is 3.94. The van der Waals surface area contributed by atoms with Gasteiger partial charge in [-0.2, -0.15) is 5.10 Å². The van der Waals surface area contributed by atoms with Crippen LogP contribution >= 0.6 is 0 Å². The summed E-state index contributed by atoms with van der Waals surface area (Å²) in [5.41, 5.74) is 4.66. The highest BCUT2D eigenvalue weighted by molar-refractivity contribution is 5.94. The van der Waals surface area contributed by atoms with E-state index in [2.05, 4.69) is 20.5 Å². The monoisotopic (exact) mass is 286 g/mol. The summed E-state index contributed by atoms with van der Waals surface area (Å²) < 4.78 is 0. The van der Waals surface area contributed by atoms with E-state index in [1.807, 2.05) is 19.9 Å². The number of aromatic amines is 2. The van der Waals surface area contributed by atoms with Crippen molar-refractivity contribution >= 4 is 5.91 Å². The third kappa shape index (κ3) is 2.49. The van der Waals surface area contributed by atoms with Gasteiger partial charge in [-0.25, -0.2) is 0 Å². The van der Waals surface area contributed by atoms with Crippen molar-refractivity contribution in [1.82, 2.24) is 20.5 Å². The maximum Gasteiger partial charge on any atom is 0.272 e. The molecule has 0 bridgehead atoms. The van der Waals surface area contributed by atoms with E-state index in [0.717, 1.165) is 41.8 Å². The number of aromatic nitrogens is 3. The third-order valence-corrected chi connectivity index (χ3v) is 3.94. The molecular weight excluding hydrogens is 268 g/mol. The average molecular weight is 286 g/mol. The maximum atomic E-state index is 12.2. The van der Waals surface area contributed by atoms with Crippen LogP contribution in [0.2, 0.25) is 0 Å². The molecule has 1 aliphatic rings. The molecule has 0 aromatic carbocycles. The largest absolute Gasteiger partial charge is 0.346 e. The predicted molar refractivity (Wildman–Crippen MR) is 78.3 cm³/mol.